The van der Waals surface area contributed by atoms with E-state index in [2.05, 4.69) is 15.9 Å². The van der Waals surface area contributed by atoms with Crippen LogP contribution in [-0.2, 0) is 4.79 Å². The minimum atomic E-state index is -0.971. The maximum absolute atomic E-state index is 11.2. The van der Waals surface area contributed by atoms with Gasteiger partial charge >= 0.3 is 5.97 Å². The number of primary amides is 1. The van der Waals surface area contributed by atoms with E-state index in [1.807, 2.05) is 0 Å². The van der Waals surface area contributed by atoms with Gasteiger partial charge in [-0.15, -0.1) is 0 Å². The molecule has 0 unspecified atom stereocenters. The molecule has 16 heavy (non-hydrogen) atoms. The molecule has 6 heteroatoms. The molecule has 3 N–H and O–H groups in total. The lowest BCUT2D eigenvalue weighted by atomic mass is 10.1. The van der Waals surface area contributed by atoms with Gasteiger partial charge in [-0.2, -0.15) is 0 Å². The molecule has 0 spiro atoms. The number of hydrogen-bond donors (Lipinski definition) is 2. The number of carboxylic acid groups (broad SMARTS) is 1. The molecular weight excluding hydrogens is 276 g/mol. The Morgan fingerprint density at radius 3 is 2.62 bits per heavy atom. The van der Waals surface area contributed by atoms with Crippen molar-refractivity contribution in [3.8, 4) is 0 Å². The van der Waals surface area contributed by atoms with Crippen LogP contribution in [0.2, 0.25) is 0 Å². The monoisotopic (exact) mass is 286 g/mol. The topological polar surface area (TPSA) is 83.6 Å². The van der Waals surface area contributed by atoms with Crippen LogP contribution in [0.1, 0.15) is 10.4 Å². The van der Waals surface area contributed by atoms with Crippen molar-refractivity contribution in [2.45, 2.75) is 0 Å². The minimum absolute atomic E-state index is 0.193. The van der Waals surface area contributed by atoms with E-state index < -0.39 is 11.9 Å². The average molecular weight is 287 g/mol. The Kier molecular flexibility index (Phi) is 3.89. The van der Waals surface area contributed by atoms with Crippen LogP contribution >= 0.6 is 15.9 Å². The lowest BCUT2D eigenvalue weighted by molar-refractivity contribution is -0.135. The van der Waals surface area contributed by atoms with Crippen LogP contribution in [0.5, 0.6) is 0 Å². The van der Waals surface area contributed by atoms with Gasteiger partial charge in [0.25, 0.3) is 5.91 Å². The van der Waals surface area contributed by atoms with Crippen molar-refractivity contribution in [3.63, 3.8) is 0 Å². The fourth-order valence-electron chi connectivity index (χ4n) is 1.33. The second kappa shape index (κ2) is 4.98. The summed E-state index contributed by atoms with van der Waals surface area (Å²) in [5.41, 5.74) is 6.01. The van der Waals surface area contributed by atoms with E-state index in [0.717, 1.165) is 0 Å². The van der Waals surface area contributed by atoms with Crippen LogP contribution in [0.25, 0.3) is 0 Å². The number of carbonyl (C=O) groups excluding carboxylic acids is 1. The molecule has 0 atom stereocenters. The first-order valence-electron chi connectivity index (χ1n) is 4.44. The largest absolute Gasteiger partial charge is 0.480 e. The van der Waals surface area contributed by atoms with Crippen LogP contribution in [-0.4, -0.2) is 30.6 Å². The standard InChI is InChI=1S/C10H11BrN2O3/c1-13(5-9(14)15)8-3-2-6(11)4-7(8)10(12)16/h2-4H,5H2,1H3,(H2,12,16)(H,14,15). The molecule has 0 saturated carbocycles. The van der Waals surface area contributed by atoms with Gasteiger partial charge in [-0.25, -0.2) is 0 Å². The maximum atomic E-state index is 11.2. The van der Waals surface area contributed by atoms with Gasteiger partial charge in [0.15, 0.2) is 0 Å². The van der Waals surface area contributed by atoms with Crippen LogP contribution in [0.4, 0.5) is 5.69 Å². The van der Waals surface area contributed by atoms with Gasteiger partial charge in [0.05, 0.1) is 5.56 Å². The van der Waals surface area contributed by atoms with Gasteiger partial charge in [0.1, 0.15) is 6.54 Å². The van der Waals surface area contributed by atoms with Crippen molar-refractivity contribution in [1.29, 1.82) is 0 Å². The van der Waals surface area contributed by atoms with Crippen LogP contribution < -0.4 is 10.6 Å². The maximum Gasteiger partial charge on any atom is 0.323 e. The number of carboxylic acids is 1. The summed E-state index contributed by atoms with van der Waals surface area (Å²) in [7, 11) is 1.59. The summed E-state index contributed by atoms with van der Waals surface area (Å²) in [4.78, 5) is 23.2. The first-order valence-corrected chi connectivity index (χ1v) is 5.23. The van der Waals surface area contributed by atoms with Crippen molar-refractivity contribution in [1.82, 2.24) is 0 Å². The van der Waals surface area contributed by atoms with Crippen molar-refractivity contribution in [3.05, 3.63) is 28.2 Å². The molecule has 1 amide bonds. The number of amides is 1. The number of nitrogens with two attached hydrogens (primary N) is 1. The third-order valence-electron chi connectivity index (χ3n) is 2.01. The number of rotatable bonds is 4. The zero-order valence-corrected chi connectivity index (χ0v) is 10.2. The number of benzene rings is 1. The Labute approximate surface area is 101 Å². The Balaban J connectivity index is 3.12. The third-order valence-corrected chi connectivity index (χ3v) is 2.50. The molecular formula is C10H11BrN2O3. The molecule has 0 aliphatic heterocycles. The molecule has 0 aliphatic carbocycles. The smallest absolute Gasteiger partial charge is 0.323 e. The number of likely N-dealkylation sites (N-methyl/N-ethyl adjacent to an activating group) is 1. The second-order valence-electron chi connectivity index (χ2n) is 3.28. The lowest BCUT2D eigenvalue weighted by Crippen LogP contribution is -2.27. The molecule has 0 fully saturated rings. The highest BCUT2D eigenvalue weighted by molar-refractivity contribution is 9.10. The molecule has 86 valence electrons. The van der Waals surface area contributed by atoms with Gasteiger partial charge in [0, 0.05) is 17.2 Å². The normalized spacial score (nSPS) is 9.88. The fraction of sp³-hybridized carbons (Fsp3) is 0.200. The van der Waals surface area contributed by atoms with Crippen molar-refractivity contribution >= 4 is 33.5 Å². The molecule has 0 heterocycles. The first-order chi connectivity index (χ1) is 7.41. The van der Waals surface area contributed by atoms with E-state index in [9.17, 15) is 9.59 Å². The summed E-state index contributed by atoms with van der Waals surface area (Å²) in [6.07, 6.45) is 0. The number of anilines is 1. The molecule has 1 rings (SSSR count). The lowest BCUT2D eigenvalue weighted by Gasteiger charge is -2.19. The van der Waals surface area contributed by atoms with Crippen molar-refractivity contribution in [2.24, 2.45) is 5.73 Å². The number of carbonyl (C=O) groups is 2. The predicted molar refractivity (Wildman–Crippen MR) is 63.6 cm³/mol. The summed E-state index contributed by atoms with van der Waals surface area (Å²) in [6.45, 7) is -0.193. The highest BCUT2D eigenvalue weighted by atomic mass is 79.9. The molecule has 0 bridgehead atoms. The predicted octanol–water partition coefficient (Wildman–Crippen LogP) is 1.07. The Bertz CT molecular complexity index is 434. The fourth-order valence-corrected chi connectivity index (χ4v) is 1.69. The van der Waals surface area contributed by atoms with Crippen molar-refractivity contribution < 1.29 is 14.7 Å². The van der Waals surface area contributed by atoms with Gasteiger partial charge in [-0.3, -0.25) is 9.59 Å². The van der Waals surface area contributed by atoms with E-state index in [-0.39, 0.29) is 12.1 Å². The molecule has 0 aromatic heterocycles. The Hall–Kier alpha value is -1.56. The number of halogens is 1. The Morgan fingerprint density at radius 2 is 2.12 bits per heavy atom. The average Bonchev–Trinajstić information content (AvgIpc) is 2.16. The van der Waals surface area contributed by atoms with E-state index >= 15 is 0 Å². The van der Waals surface area contributed by atoms with Crippen LogP contribution in [0.15, 0.2) is 22.7 Å². The van der Waals surface area contributed by atoms with Gasteiger partial charge in [0.2, 0.25) is 0 Å². The summed E-state index contributed by atoms with van der Waals surface area (Å²) in [5, 5.41) is 8.66. The molecule has 0 saturated heterocycles. The molecule has 0 radical (unpaired) electrons. The zero-order chi connectivity index (χ0) is 12.3. The Morgan fingerprint density at radius 1 is 1.50 bits per heavy atom. The molecule has 5 nitrogen and oxygen atoms in total. The first kappa shape index (κ1) is 12.5. The number of nitrogens with zero attached hydrogens (tertiary/aromatic N) is 1. The van der Waals surface area contributed by atoms with E-state index in [1.54, 1.807) is 25.2 Å². The van der Waals surface area contributed by atoms with Crippen LogP contribution in [0.3, 0.4) is 0 Å². The van der Waals surface area contributed by atoms with E-state index in [1.165, 1.54) is 4.90 Å². The van der Waals surface area contributed by atoms with E-state index in [0.29, 0.717) is 10.2 Å². The molecule has 1 aromatic carbocycles. The highest BCUT2D eigenvalue weighted by Gasteiger charge is 2.14. The summed E-state index contributed by atoms with van der Waals surface area (Å²) in [6, 6.07) is 4.93. The summed E-state index contributed by atoms with van der Waals surface area (Å²) < 4.78 is 0.716. The van der Waals surface area contributed by atoms with Gasteiger partial charge < -0.3 is 15.7 Å². The van der Waals surface area contributed by atoms with Gasteiger partial charge in [-0.1, -0.05) is 15.9 Å². The molecule has 0 aliphatic rings. The van der Waals surface area contributed by atoms with E-state index in [4.69, 9.17) is 10.8 Å². The second-order valence-corrected chi connectivity index (χ2v) is 4.19. The third kappa shape index (κ3) is 2.96. The summed E-state index contributed by atoms with van der Waals surface area (Å²) in [5.74, 6) is -1.56. The quantitative estimate of drug-likeness (QED) is 0.867. The minimum Gasteiger partial charge on any atom is -0.480 e. The SMILES string of the molecule is CN(CC(=O)O)c1ccc(Br)cc1C(N)=O. The van der Waals surface area contributed by atoms with Crippen molar-refractivity contribution in [2.75, 3.05) is 18.5 Å². The van der Waals surface area contributed by atoms with Gasteiger partial charge in [-0.05, 0) is 18.2 Å². The highest BCUT2D eigenvalue weighted by Crippen LogP contribution is 2.23. The number of hydrogen-bond acceptors (Lipinski definition) is 3. The zero-order valence-electron chi connectivity index (χ0n) is 8.61. The molecule has 1 aromatic rings. The van der Waals surface area contributed by atoms with Crippen LogP contribution in [0, 0.1) is 0 Å². The summed E-state index contributed by atoms with van der Waals surface area (Å²) >= 11 is 3.22. The number of aliphatic carboxylic acids is 1.